The van der Waals surface area contributed by atoms with E-state index in [0.29, 0.717) is 18.9 Å². The van der Waals surface area contributed by atoms with Gasteiger partial charge >= 0.3 is 0 Å². The van der Waals surface area contributed by atoms with Gasteiger partial charge in [-0.1, -0.05) is 0 Å². The molecule has 0 radical (unpaired) electrons. The second-order valence-electron chi connectivity index (χ2n) is 5.19. The summed E-state index contributed by atoms with van der Waals surface area (Å²) in [5.41, 5.74) is 1.64. The van der Waals surface area contributed by atoms with E-state index in [2.05, 4.69) is 15.6 Å². The average Bonchev–Trinajstić information content (AvgIpc) is 2.44. The van der Waals surface area contributed by atoms with Gasteiger partial charge in [0, 0.05) is 20.1 Å². The highest BCUT2D eigenvalue weighted by Crippen LogP contribution is 2.23. The highest BCUT2D eigenvalue weighted by molar-refractivity contribution is 5.98. The molecular weight excluding hydrogens is 260 g/mol. The molecule has 0 atom stereocenters. The minimum Gasteiger partial charge on any atom is -0.342 e. The Morgan fingerprint density at radius 1 is 1.35 bits per heavy atom. The Bertz CT molecular complexity index is 527. The number of rotatable bonds is 2. The summed E-state index contributed by atoms with van der Waals surface area (Å²) in [6.45, 7) is 4.43. The summed E-state index contributed by atoms with van der Waals surface area (Å²) < 4.78 is 0. The molecule has 20 heavy (non-hydrogen) atoms. The Balaban J connectivity index is 2.25. The quantitative estimate of drug-likeness (QED) is 0.556. The Labute approximate surface area is 116 Å². The van der Waals surface area contributed by atoms with Crippen LogP contribution in [0.3, 0.4) is 0 Å². The lowest BCUT2D eigenvalue weighted by atomic mass is 9.97. The first kappa shape index (κ1) is 14.2. The molecule has 0 bridgehead atoms. The molecule has 8 nitrogen and oxygen atoms in total. The number of aromatic nitrogens is 2. The summed E-state index contributed by atoms with van der Waals surface area (Å²) in [6.07, 6.45) is 0. The van der Waals surface area contributed by atoms with E-state index in [1.165, 1.54) is 11.0 Å². The topological polar surface area (TPSA) is 104 Å². The van der Waals surface area contributed by atoms with Gasteiger partial charge in [-0.3, -0.25) is 9.59 Å². The predicted molar refractivity (Wildman–Crippen MR) is 72.6 cm³/mol. The number of carbonyl (C=O) groups excluding carboxylic acids is 2. The van der Waals surface area contributed by atoms with Crippen molar-refractivity contribution in [3.8, 4) is 0 Å². The number of carbonyl (C=O) groups is 2. The minimum absolute atomic E-state index is 0.0923. The molecule has 2 heterocycles. The van der Waals surface area contributed by atoms with Crippen molar-refractivity contribution in [2.75, 3.05) is 25.6 Å². The summed E-state index contributed by atoms with van der Waals surface area (Å²) in [4.78, 5) is 27.8. The first-order chi connectivity index (χ1) is 9.37. The van der Waals surface area contributed by atoms with Gasteiger partial charge in [0.2, 0.25) is 5.91 Å². The van der Waals surface area contributed by atoms with Crippen molar-refractivity contribution in [2.45, 2.75) is 19.4 Å². The lowest BCUT2D eigenvalue weighted by Gasteiger charge is -2.44. The molecule has 1 aromatic heterocycles. The fourth-order valence-electron chi connectivity index (χ4n) is 2.23. The Kier molecular flexibility index (Phi) is 3.58. The third kappa shape index (κ3) is 2.29. The Morgan fingerprint density at radius 3 is 2.60 bits per heavy atom. The molecule has 0 spiro atoms. The van der Waals surface area contributed by atoms with Gasteiger partial charge in [0.05, 0.1) is 0 Å². The molecule has 1 aliphatic heterocycles. The summed E-state index contributed by atoms with van der Waals surface area (Å²) in [5.74, 6) is 5.16. The number of hydrogen-bond donors (Lipinski definition) is 2. The molecule has 1 aromatic rings. The van der Waals surface area contributed by atoms with E-state index < -0.39 is 5.54 Å². The Morgan fingerprint density at radius 2 is 2.05 bits per heavy atom. The number of nitrogens with two attached hydrogens (primary N) is 1. The van der Waals surface area contributed by atoms with Crippen molar-refractivity contribution < 1.29 is 9.59 Å². The standard InChI is InChI=1S/C12H18N6O2/c1-12(2)11(20)17(3)6-7-18(12)10(19)8-4-5-9(14-13)16-15-8/h4-5H,6-7,13H2,1-3H3,(H,14,16). The molecule has 0 unspecified atom stereocenters. The molecule has 1 saturated heterocycles. The Hall–Kier alpha value is -2.22. The van der Waals surface area contributed by atoms with Crippen LogP contribution in [-0.2, 0) is 4.79 Å². The highest BCUT2D eigenvalue weighted by Gasteiger charge is 2.43. The van der Waals surface area contributed by atoms with Gasteiger partial charge < -0.3 is 15.2 Å². The van der Waals surface area contributed by atoms with Gasteiger partial charge in [0.15, 0.2) is 11.5 Å². The number of anilines is 1. The zero-order chi connectivity index (χ0) is 14.9. The summed E-state index contributed by atoms with van der Waals surface area (Å²) in [6, 6.07) is 3.09. The SMILES string of the molecule is CN1CCN(C(=O)c2ccc(NN)nn2)C(C)(C)C1=O. The van der Waals surface area contributed by atoms with Crippen molar-refractivity contribution in [3.63, 3.8) is 0 Å². The monoisotopic (exact) mass is 278 g/mol. The number of nitrogens with one attached hydrogen (secondary N) is 1. The van der Waals surface area contributed by atoms with E-state index in [-0.39, 0.29) is 17.5 Å². The number of piperazine rings is 1. The third-order valence-corrected chi connectivity index (χ3v) is 3.48. The van der Waals surface area contributed by atoms with E-state index in [9.17, 15) is 9.59 Å². The fraction of sp³-hybridized carbons (Fsp3) is 0.500. The molecule has 1 fully saturated rings. The molecule has 1 aliphatic rings. The van der Waals surface area contributed by atoms with Crippen LogP contribution in [0.5, 0.6) is 0 Å². The molecule has 0 saturated carbocycles. The van der Waals surface area contributed by atoms with Crippen LogP contribution in [0.25, 0.3) is 0 Å². The number of amides is 2. The van der Waals surface area contributed by atoms with E-state index in [1.807, 2.05) is 0 Å². The molecule has 108 valence electrons. The van der Waals surface area contributed by atoms with Gasteiger partial charge in [-0.05, 0) is 26.0 Å². The predicted octanol–water partition coefficient (Wildman–Crippen LogP) is -0.545. The van der Waals surface area contributed by atoms with Crippen molar-refractivity contribution in [1.29, 1.82) is 0 Å². The van der Waals surface area contributed by atoms with Crippen LogP contribution in [0.4, 0.5) is 5.82 Å². The van der Waals surface area contributed by atoms with E-state index in [1.54, 1.807) is 31.9 Å². The third-order valence-electron chi connectivity index (χ3n) is 3.48. The molecule has 2 amide bonds. The first-order valence-electron chi connectivity index (χ1n) is 6.26. The van der Waals surface area contributed by atoms with Crippen molar-refractivity contribution >= 4 is 17.6 Å². The normalized spacial score (nSPS) is 18.1. The van der Waals surface area contributed by atoms with Crippen LogP contribution in [0.1, 0.15) is 24.3 Å². The van der Waals surface area contributed by atoms with E-state index in [0.717, 1.165) is 0 Å². The number of nitrogen functional groups attached to an aromatic ring is 1. The second kappa shape index (κ2) is 5.04. The number of hydrogen-bond acceptors (Lipinski definition) is 6. The van der Waals surface area contributed by atoms with E-state index in [4.69, 9.17) is 5.84 Å². The second-order valence-corrected chi connectivity index (χ2v) is 5.19. The summed E-state index contributed by atoms with van der Waals surface area (Å²) in [7, 11) is 1.73. The van der Waals surface area contributed by atoms with Crippen LogP contribution < -0.4 is 11.3 Å². The van der Waals surface area contributed by atoms with Crippen LogP contribution in [0.2, 0.25) is 0 Å². The molecule has 2 rings (SSSR count). The molecule has 8 heteroatoms. The van der Waals surface area contributed by atoms with Gasteiger partial charge in [-0.15, -0.1) is 10.2 Å². The first-order valence-corrected chi connectivity index (χ1v) is 6.26. The highest BCUT2D eigenvalue weighted by atomic mass is 16.2. The van der Waals surface area contributed by atoms with Gasteiger partial charge in [0.25, 0.3) is 5.91 Å². The maximum absolute atomic E-state index is 12.5. The van der Waals surface area contributed by atoms with Crippen LogP contribution in [-0.4, -0.2) is 57.5 Å². The largest absolute Gasteiger partial charge is 0.342 e. The number of hydrazine groups is 1. The maximum atomic E-state index is 12.5. The fourth-order valence-corrected chi connectivity index (χ4v) is 2.23. The number of likely N-dealkylation sites (N-methyl/N-ethyl adjacent to an activating group) is 1. The zero-order valence-corrected chi connectivity index (χ0v) is 11.8. The average molecular weight is 278 g/mol. The number of nitrogens with zero attached hydrogens (tertiary/aromatic N) is 4. The van der Waals surface area contributed by atoms with Gasteiger partial charge in [-0.25, -0.2) is 5.84 Å². The lowest BCUT2D eigenvalue weighted by molar-refractivity contribution is -0.144. The van der Waals surface area contributed by atoms with Crippen molar-refractivity contribution in [3.05, 3.63) is 17.8 Å². The molecular formula is C12H18N6O2. The lowest BCUT2D eigenvalue weighted by Crippen LogP contribution is -2.63. The van der Waals surface area contributed by atoms with Crippen molar-refractivity contribution in [1.82, 2.24) is 20.0 Å². The zero-order valence-electron chi connectivity index (χ0n) is 11.8. The molecule has 0 aliphatic carbocycles. The van der Waals surface area contributed by atoms with Crippen LogP contribution in [0.15, 0.2) is 12.1 Å². The minimum atomic E-state index is -0.892. The summed E-state index contributed by atoms with van der Waals surface area (Å²) >= 11 is 0. The molecule has 0 aromatic carbocycles. The van der Waals surface area contributed by atoms with Crippen LogP contribution >= 0.6 is 0 Å². The van der Waals surface area contributed by atoms with Crippen LogP contribution in [0, 0.1) is 0 Å². The van der Waals surface area contributed by atoms with Gasteiger partial charge in [-0.2, -0.15) is 0 Å². The molecule has 3 N–H and O–H groups in total. The van der Waals surface area contributed by atoms with Crippen molar-refractivity contribution in [2.24, 2.45) is 5.84 Å². The smallest absolute Gasteiger partial charge is 0.275 e. The van der Waals surface area contributed by atoms with Gasteiger partial charge in [0.1, 0.15) is 5.54 Å². The maximum Gasteiger partial charge on any atom is 0.275 e. The van der Waals surface area contributed by atoms with E-state index >= 15 is 0 Å². The summed E-state index contributed by atoms with van der Waals surface area (Å²) in [5, 5.41) is 7.59.